The fourth-order valence-corrected chi connectivity index (χ4v) is 2.04. The Kier molecular flexibility index (Phi) is 3.78. The van der Waals surface area contributed by atoms with Gasteiger partial charge >= 0.3 is 0 Å². The largest absolute Gasteiger partial charge is 0.485 e. The molecule has 0 unspecified atom stereocenters. The molecule has 0 saturated heterocycles. The van der Waals surface area contributed by atoms with Crippen molar-refractivity contribution >= 4 is 21.7 Å². The van der Waals surface area contributed by atoms with Crippen LogP contribution < -0.4 is 0 Å². The van der Waals surface area contributed by atoms with Crippen LogP contribution in [0.25, 0.3) is 0 Å². The Bertz CT molecular complexity index is 424. The molecular weight excluding hydrogens is 268 g/mol. The lowest BCUT2D eigenvalue weighted by molar-refractivity contribution is -0.119. The zero-order valence-electron chi connectivity index (χ0n) is 8.91. The van der Waals surface area contributed by atoms with Crippen LogP contribution in [0.3, 0.4) is 0 Å². The van der Waals surface area contributed by atoms with Crippen molar-refractivity contribution in [3.63, 3.8) is 0 Å². The highest BCUT2D eigenvalue weighted by molar-refractivity contribution is 9.10. The van der Waals surface area contributed by atoms with Gasteiger partial charge < -0.3 is 4.74 Å². The Labute approximate surface area is 103 Å². The summed E-state index contributed by atoms with van der Waals surface area (Å²) in [7, 11) is 0. The molecule has 1 aromatic carbocycles. The summed E-state index contributed by atoms with van der Waals surface area (Å²) in [5, 5.41) is 0. The van der Waals surface area contributed by atoms with Gasteiger partial charge in [-0.1, -0.05) is 34.1 Å². The molecule has 1 aliphatic carbocycles. The SMILES string of the molecule is O=C1CCCC=C1OCc1ccccc1Br. The number of Topliss-reactive ketones (excluding diaryl/α,β-unsaturated/α-hetero) is 1. The highest BCUT2D eigenvalue weighted by Crippen LogP contribution is 2.20. The topological polar surface area (TPSA) is 26.3 Å². The number of ether oxygens (including phenoxy) is 1. The van der Waals surface area contributed by atoms with E-state index >= 15 is 0 Å². The van der Waals surface area contributed by atoms with Crippen molar-refractivity contribution < 1.29 is 9.53 Å². The zero-order valence-corrected chi connectivity index (χ0v) is 10.5. The molecule has 3 heteroatoms. The van der Waals surface area contributed by atoms with Gasteiger partial charge in [-0.15, -0.1) is 0 Å². The first kappa shape index (κ1) is 11.4. The summed E-state index contributed by atoms with van der Waals surface area (Å²) in [5.41, 5.74) is 1.06. The first-order chi connectivity index (χ1) is 7.77. The third-order valence-electron chi connectivity index (χ3n) is 2.55. The van der Waals surface area contributed by atoms with Gasteiger partial charge in [0.05, 0.1) is 0 Å². The van der Waals surface area contributed by atoms with Gasteiger partial charge in [0.25, 0.3) is 0 Å². The fraction of sp³-hybridized carbons (Fsp3) is 0.308. The molecule has 0 fully saturated rings. The molecule has 0 bridgehead atoms. The summed E-state index contributed by atoms with van der Waals surface area (Å²) in [6, 6.07) is 7.87. The average Bonchev–Trinajstić information content (AvgIpc) is 2.30. The molecule has 0 aliphatic heterocycles. The van der Waals surface area contributed by atoms with E-state index in [-0.39, 0.29) is 5.78 Å². The Balaban J connectivity index is 2.00. The summed E-state index contributed by atoms with van der Waals surface area (Å²) >= 11 is 3.45. The maximum atomic E-state index is 11.5. The van der Waals surface area contributed by atoms with Crippen LogP contribution in [-0.4, -0.2) is 5.78 Å². The minimum Gasteiger partial charge on any atom is -0.485 e. The minimum atomic E-state index is 0.123. The number of carbonyl (C=O) groups is 1. The quantitative estimate of drug-likeness (QED) is 0.846. The number of hydrogen-bond donors (Lipinski definition) is 0. The predicted molar refractivity (Wildman–Crippen MR) is 65.9 cm³/mol. The molecule has 0 N–H and O–H groups in total. The lowest BCUT2D eigenvalue weighted by Gasteiger charge is -2.13. The first-order valence-electron chi connectivity index (χ1n) is 5.37. The van der Waals surface area contributed by atoms with E-state index in [2.05, 4.69) is 15.9 Å². The smallest absolute Gasteiger partial charge is 0.197 e. The lowest BCUT2D eigenvalue weighted by atomic mass is 10.1. The van der Waals surface area contributed by atoms with Gasteiger partial charge in [-0.25, -0.2) is 0 Å². The Morgan fingerprint density at radius 3 is 2.88 bits per heavy atom. The van der Waals surface area contributed by atoms with Crippen molar-refractivity contribution in [2.45, 2.75) is 25.9 Å². The summed E-state index contributed by atoms with van der Waals surface area (Å²) < 4.78 is 6.56. The monoisotopic (exact) mass is 280 g/mol. The van der Waals surface area contributed by atoms with Crippen molar-refractivity contribution in [1.29, 1.82) is 0 Å². The highest BCUT2D eigenvalue weighted by atomic mass is 79.9. The second-order valence-corrected chi connectivity index (χ2v) is 4.62. The van der Waals surface area contributed by atoms with Crippen LogP contribution in [0, 0.1) is 0 Å². The number of benzene rings is 1. The van der Waals surface area contributed by atoms with E-state index in [0.29, 0.717) is 18.8 Å². The third kappa shape index (κ3) is 2.73. The molecule has 1 aliphatic rings. The Morgan fingerprint density at radius 1 is 1.31 bits per heavy atom. The van der Waals surface area contributed by atoms with E-state index in [4.69, 9.17) is 4.74 Å². The van der Waals surface area contributed by atoms with E-state index in [0.717, 1.165) is 22.9 Å². The van der Waals surface area contributed by atoms with Gasteiger partial charge in [-0.05, 0) is 25.0 Å². The summed E-state index contributed by atoms with van der Waals surface area (Å²) in [6.45, 7) is 0.443. The minimum absolute atomic E-state index is 0.123. The van der Waals surface area contributed by atoms with E-state index in [9.17, 15) is 4.79 Å². The normalized spacial score (nSPS) is 15.8. The Hall–Kier alpha value is -1.09. The highest BCUT2D eigenvalue weighted by Gasteiger charge is 2.14. The maximum absolute atomic E-state index is 11.5. The number of ketones is 1. The summed E-state index contributed by atoms with van der Waals surface area (Å²) in [5.74, 6) is 0.653. The average molecular weight is 281 g/mol. The summed E-state index contributed by atoms with van der Waals surface area (Å²) in [6.07, 6.45) is 4.39. The number of carbonyl (C=O) groups excluding carboxylic acids is 1. The second kappa shape index (κ2) is 5.30. The summed E-state index contributed by atoms with van der Waals surface area (Å²) in [4.78, 5) is 11.5. The van der Waals surface area contributed by atoms with Crippen LogP contribution in [-0.2, 0) is 16.1 Å². The van der Waals surface area contributed by atoms with E-state index in [1.807, 2.05) is 30.3 Å². The van der Waals surface area contributed by atoms with Gasteiger partial charge in [0.2, 0.25) is 0 Å². The molecule has 2 nitrogen and oxygen atoms in total. The van der Waals surface area contributed by atoms with Crippen molar-refractivity contribution in [3.8, 4) is 0 Å². The van der Waals surface area contributed by atoms with Crippen LogP contribution in [0.15, 0.2) is 40.6 Å². The van der Waals surface area contributed by atoms with Crippen LogP contribution in [0.2, 0.25) is 0 Å². The van der Waals surface area contributed by atoms with Crippen LogP contribution in [0.4, 0.5) is 0 Å². The van der Waals surface area contributed by atoms with Crippen molar-refractivity contribution in [2.24, 2.45) is 0 Å². The molecule has 0 radical (unpaired) electrons. The fourth-order valence-electron chi connectivity index (χ4n) is 1.64. The predicted octanol–water partition coefficient (Wildman–Crippen LogP) is 3.60. The van der Waals surface area contributed by atoms with Gasteiger partial charge in [-0.3, -0.25) is 4.79 Å². The van der Waals surface area contributed by atoms with Crippen LogP contribution >= 0.6 is 15.9 Å². The number of allylic oxidation sites excluding steroid dienone is 2. The molecule has 0 saturated carbocycles. The number of halogens is 1. The van der Waals surface area contributed by atoms with Gasteiger partial charge in [0, 0.05) is 16.5 Å². The zero-order chi connectivity index (χ0) is 11.4. The number of hydrogen-bond acceptors (Lipinski definition) is 2. The number of rotatable bonds is 3. The van der Waals surface area contributed by atoms with Crippen LogP contribution in [0.5, 0.6) is 0 Å². The third-order valence-corrected chi connectivity index (χ3v) is 3.33. The molecular formula is C13H13BrO2. The van der Waals surface area contributed by atoms with Crippen molar-refractivity contribution in [2.75, 3.05) is 0 Å². The first-order valence-corrected chi connectivity index (χ1v) is 6.16. The standard InChI is InChI=1S/C13H13BrO2/c14-11-6-2-1-5-10(11)9-16-13-8-4-3-7-12(13)15/h1-2,5-6,8H,3-4,7,9H2. The van der Waals surface area contributed by atoms with E-state index in [1.165, 1.54) is 0 Å². The molecule has 0 spiro atoms. The molecule has 84 valence electrons. The Morgan fingerprint density at radius 2 is 2.12 bits per heavy atom. The van der Waals surface area contributed by atoms with Crippen LogP contribution in [0.1, 0.15) is 24.8 Å². The molecule has 0 amide bonds. The van der Waals surface area contributed by atoms with E-state index in [1.54, 1.807) is 0 Å². The van der Waals surface area contributed by atoms with Crippen molar-refractivity contribution in [1.82, 2.24) is 0 Å². The van der Waals surface area contributed by atoms with Gasteiger partial charge in [-0.2, -0.15) is 0 Å². The molecule has 2 rings (SSSR count). The molecule has 0 heterocycles. The lowest BCUT2D eigenvalue weighted by Crippen LogP contribution is -2.10. The van der Waals surface area contributed by atoms with E-state index < -0.39 is 0 Å². The maximum Gasteiger partial charge on any atom is 0.197 e. The molecule has 0 aromatic heterocycles. The van der Waals surface area contributed by atoms with Gasteiger partial charge in [0.1, 0.15) is 6.61 Å². The molecule has 0 atom stereocenters. The van der Waals surface area contributed by atoms with Crippen molar-refractivity contribution in [3.05, 3.63) is 46.1 Å². The van der Waals surface area contributed by atoms with Gasteiger partial charge in [0.15, 0.2) is 11.5 Å². The molecule has 16 heavy (non-hydrogen) atoms. The molecule has 1 aromatic rings. The second-order valence-electron chi connectivity index (χ2n) is 3.76.